The number of rotatable bonds is 2. The van der Waals surface area contributed by atoms with Crippen molar-refractivity contribution in [2.45, 2.75) is 20.4 Å². The van der Waals surface area contributed by atoms with Gasteiger partial charge in [-0.3, -0.25) is 0 Å². The fourth-order valence-electron chi connectivity index (χ4n) is 2.00. The predicted octanol–water partition coefficient (Wildman–Crippen LogP) is 2.29. The molecule has 2 heterocycles. The predicted molar refractivity (Wildman–Crippen MR) is 64.6 cm³/mol. The van der Waals surface area contributed by atoms with Crippen molar-refractivity contribution in [2.75, 3.05) is 7.11 Å². The van der Waals surface area contributed by atoms with Crippen LogP contribution in [-0.4, -0.2) is 16.7 Å². The molecule has 0 radical (unpaired) electrons. The summed E-state index contributed by atoms with van der Waals surface area (Å²) in [6.07, 6.45) is 7.15. The fraction of sp³-hybridized carbons (Fsp3) is 0.308. The van der Waals surface area contributed by atoms with E-state index in [0.29, 0.717) is 12.4 Å². The van der Waals surface area contributed by atoms with Gasteiger partial charge in [0.1, 0.15) is 5.52 Å². The third kappa shape index (κ3) is 1.35. The van der Waals surface area contributed by atoms with Crippen molar-refractivity contribution in [1.82, 2.24) is 9.55 Å². The Kier molecular flexibility index (Phi) is 2.57. The number of aryl methyl sites for hydroxylation is 1. The molecule has 2 aromatic rings. The van der Waals surface area contributed by atoms with Crippen LogP contribution in [-0.2, 0) is 6.54 Å². The second kappa shape index (κ2) is 3.90. The Hall–Kier alpha value is -1.95. The zero-order chi connectivity index (χ0) is 11.7. The maximum atomic E-state index is 5.39. The van der Waals surface area contributed by atoms with Gasteiger partial charge in [0.15, 0.2) is 0 Å². The second-order valence-corrected chi connectivity index (χ2v) is 3.72. The van der Waals surface area contributed by atoms with E-state index in [4.69, 9.17) is 11.2 Å². The first-order valence-corrected chi connectivity index (χ1v) is 5.12. The summed E-state index contributed by atoms with van der Waals surface area (Å²) in [6, 6.07) is 1.99. The molecule has 3 heteroatoms. The highest BCUT2D eigenvalue weighted by molar-refractivity contribution is 5.88. The molecule has 0 N–H and O–H groups in total. The largest absolute Gasteiger partial charge is 0.479 e. The number of methoxy groups -OCH3 is 1. The fourth-order valence-corrected chi connectivity index (χ4v) is 2.00. The number of hydrogen-bond acceptors (Lipinski definition) is 2. The van der Waals surface area contributed by atoms with E-state index in [1.54, 1.807) is 13.3 Å². The van der Waals surface area contributed by atoms with Gasteiger partial charge in [-0.05, 0) is 25.5 Å². The standard InChI is InChI=1S/C13H14N2O/c1-5-8-15-10(3)9(2)11-6-7-14-13(16-4)12(11)15/h1,6-7H,8H2,2-4H3. The lowest BCUT2D eigenvalue weighted by molar-refractivity contribution is 0.401. The van der Waals surface area contributed by atoms with Gasteiger partial charge in [-0.1, -0.05) is 5.92 Å². The molecule has 0 aliphatic carbocycles. The lowest BCUT2D eigenvalue weighted by Crippen LogP contribution is -2.00. The molecule has 0 unspecified atom stereocenters. The molecule has 0 spiro atoms. The van der Waals surface area contributed by atoms with E-state index in [9.17, 15) is 0 Å². The Morgan fingerprint density at radius 1 is 1.50 bits per heavy atom. The van der Waals surface area contributed by atoms with Crippen molar-refractivity contribution in [3.05, 3.63) is 23.5 Å². The van der Waals surface area contributed by atoms with Crippen LogP contribution in [0, 0.1) is 26.2 Å². The molecule has 0 aromatic carbocycles. The molecule has 0 bridgehead atoms. The highest BCUT2D eigenvalue weighted by atomic mass is 16.5. The maximum Gasteiger partial charge on any atom is 0.238 e. The molecule has 0 saturated heterocycles. The number of ether oxygens (including phenoxy) is 1. The molecule has 82 valence electrons. The number of pyridine rings is 1. The van der Waals surface area contributed by atoms with E-state index >= 15 is 0 Å². The van der Waals surface area contributed by atoms with Crippen LogP contribution in [0.4, 0.5) is 0 Å². The molecular weight excluding hydrogens is 200 g/mol. The smallest absolute Gasteiger partial charge is 0.238 e. The van der Waals surface area contributed by atoms with E-state index in [2.05, 4.69) is 29.3 Å². The SMILES string of the molecule is C#CCn1c(C)c(C)c2ccnc(OC)c21. The first-order valence-electron chi connectivity index (χ1n) is 5.12. The number of terminal acetylenes is 1. The van der Waals surface area contributed by atoms with Crippen molar-refractivity contribution in [1.29, 1.82) is 0 Å². The molecule has 0 aliphatic heterocycles. The molecule has 16 heavy (non-hydrogen) atoms. The van der Waals surface area contributed by atoms with Crippen LogP contribution in [0.5, 0.6) is 5.88 Å². The molecule has 0 saturated carbocycles. The Labute approximate surface area is 95.1 Å². The Morgan fingerprint density at radius 2 is 2.25 bits per heavy atom. The van der Waals surface area contributed by atoms with Crippen LogP contribution in [0.1, 0.15) is 11.3 Å². The lowest BCUT2D eigenvalue weighted by Gasteiger charge is -2.06. The van der Waals surface area contributed by atoms with Crippen LogP contribution in [0.3, 0.4) is 0 Å². The van der Waals surface area contributed by atoms with Crippen molar-refractivity contribution in [3.8, 4) is 18.2 Å². The van der Waals surface area contributed by atoms with Gasteiger partial charge in [0, 0.05) is 17.3 Å². The Morgan fingerprint density at radius 3 is 2.88 bits per heavy atom. The summed E-state index contributed by atoms with van der Waals surface area (Å²) in [5.41, 5.74) is 3.38. The van der Waals surface area contributed by atoms with Gasteiger partial charge in [0.2, 0.25) is 5.88 Å². The molecule has 2 rings (SSSR count). The van der Waals surface area contributed by atoms with E-state index in [1.807, 2.05) is 6.07 Å². The van der Waals surface area contributed by atoms with Gasteiger partial charge < -0.3 is 9.30 Å². The number of nitrogens with zero attached hydrogens (tertiary/aromatic N) is 2. The van der Waals surface area contributed by atoms with E-state index in [0.717, 1.165) is 10.9 Å². The van der Waals surface area contributed by atoms with Crippen molar-refractivity contribution >= 4 is 10.9 Å². The third-order valence-corrected chi connectivity index (χ3v) is 2.95. The molecule has 0 aliphatic rings. The van der Waals surface area contributed by atoms with Gasteiger partial charge in [-0.25, -0.2) is 4.98 Å². The van der Waals surface area contributed by atoms with Gasteiger partial charge >= 0.3 is 0 Å². The molecule has 3 nitrogen and oxygen atoms in total. The zero-order valence-electron chi connectivity index (χ0n) is 9.74. The monoisotopic (exact) mass is 214 g/mol. The summed E-state index contributed by atoms with van der Waals surface area (Å²) in [5.74, 6) is 3.29. The van der Waals surface area contributed by atoms with Gasteiger partial charge in [-0.2, -0.15) is 0 Å². The van der Waals surface area contributed by atoms with E-state index in [-0.39, 0.29) is 0 Å². The maximum absolute atomic E-state index is 5.39. The van der Waals surface area contributed by atoms with E-state index in [1.165, 1.54) is 11.3 Å². The molecular formula is C13H14N2O. The Bertz CT molecular complexity index is 576. The number of aromatic nitrogens is 2. The molecule has 0 atom stereocenters. The molecule has 0 amide bonds. The minimum atomic E-state index is 0.540. The van der Waals surface area contributed by atoms with Gasteiger partial charge in [0.25, 0.3) is 0 Å². The quantitative estimate of drug-likeness (QED) is 0.717. The summed E-state index contributed by atoms with van der Waals surface area (Å²) in [4.78, 5) is 4.21. The van der Waals surface area contributed by atoms with Gasteiger partial charge in [0.05, 0.1) is 13.7 Å². The van der Waals surface area contributed by atoms with Crippen LogP contribution in [0.2, 0.25) is 0 Å². The zero-order valence-corrected chi connectivity index (χ0v) is 9.74. The second-order valence-electron chi connectivity index (χ2n) is 3.72. The van der Waals surface area contributed by atoms with Crippen LogP contribution >= 0.6 is 0 Å². The minimum Gasteiger partial charge on any atom is -0.479 e. The van der Waals surface area contributed by atoms with Crippen LogP contribution in [0.15, 0.2) is 12.3 Å². The van der Waals surface area contributed by atoms with Crippen LogP contribution in [0.25, 0.3) is 10.9 Å². The molecule has 0 fully saturated rings. The summed E-state index contributed by atoms with van der Waals surface area (Å²) < 4.78 is 7.35. The Balaban J connectivity index is 2.87. The highest BCUT2D eigenvalue weighted by Crippen LogP contribution is 2.30. The van der Waals surface area contributed by atoms with Crippen molar-refractivity contribution in [3.63, 3.8) is 0 Å². The topological polar surface area (TPSA) is 27.1 Å². The van der Waals surface area contributed by atoms with Gasteiger partial charge in [-0.15, -0.1) is 6.42 Å². The van der Waals surface area contributed by atoms with Crippen LogP contribution < -0.4 is 4.74 Å². The summed E-state index contributed by atoms with van der Waals surface area (Å²) in [7, 11) is 1.62. The summed E-state index contributed by atoms with van der Waals surface area (Å²) in [6.45, 7) is 4.69. The third-order valence-electron chi connectivity index (χ3n) is 2.95. The van der Waals surface area contributed by atoms with Crippen molar-refractivity contribution < 1.29 is 4.74 Å². The minimum absolute atomic E-state index is 0.540. The average molecular weight is 214 g/mol. The van der Waals surface area contributed by atoms with Crippen molar-refractivity contribution in [2.24, 2.45) is 0 Å². The first kappa shape index (κ1) is 10.6. The summed E-state index contributed by atoms with van der Waals surface area (Å²) >= 11 is 0. The molecule has 2 aromatic heterocycles. The highest BCUT2D eigenvalue weighted by Gasteiger charge is 2.14. The first-order chi connectivity index (χ1) is 7.70. The normalized spacial score (nSPS) is 10.4. The summed E-state index contributed by atoms with van der Waals surface area (Å²) in [5, 5.41) is 1.15. The number of hydrogen-bond donors (Lipinski definition) is 0. The average Bonchev–Trinajstić information content (AvgIpc) is 2.55. The van der Waals surface area contributed by atoms with E-state index < -0.39 is 0 Å². The number of fused-ring (bicyclic) bond motifs is 1. The lowest BCUT2D eigenvalue weighted by atomic mass is 10.2.